The lowest BCUT2D eigenvalue weighted by molar-refractivity contribution is -0.214. The van der Waals surface area contributed by atoms with Crippen molar-refractivity contribution in [3.05, 3.63) is 11.1 Å². The first-order valence-electron chi connectivity index (χ1n) is 19.8. The molecule has 1 saturated heterocycles. The molecular formula is C42H66N2O6. The van der Waals surface area contributed by atoms with Gasteiger partial charge in [-0.05, 0) is 131 Å². The molecule has 4 saturated carbocycles. The number of fused-ring (bicyclic) bond motifs is 6. The second-order valence-corrected chi connectivity index (χ2v) is 20.0. The van der Waals surface area contributed by atoms with Crippen molar-refractivity contribution >= 4 is 23.6 Å². The molecule has 5 aliphatic carbocycles. The lowest BCUT2D eigenvalue weighted by Gasteiger charge is -2.70. The van der Waals surface area contributed by atoms with Gasteiger partial charge in [-0.25, -0.2) is 0 Å². The minimum absolute atomic E-state index is 0.0201. The number of esters is 1. The number of hydrogen-bond donors (Lipinski definition) is 2. The molecule has 5 fully saturated rings. The zero-order chi connectivity index (χ0) is 36.8. The summed E-state index contributed by atoms with van der Waals surface area (Å²) in [6.45, 7) is 21.3. The first kappa shape index (κ1) is 37.5. The highest BCUT2D eigenvalue weighted by atomic mass is 16.5. The van der Waals surface area contributed by atoms with Gasteiger partial charge in [-0.3, -0.25) is 19.2 Å². The van der Waals surface area contributed by atoms with Crippen LogP contribution in [-0.2, 0) is 23.9 Å². The quantitative estimate of drug-likeness (QED) is 0.199. The summed E-state index contributed by atoms with van der Waals surface area (Å²) in [7, 11) is 2.15. The van der Waals surface area contributed by atoms with Gasteiger partial charge in [0, 0.05) is 30.3 Å². The molecule has 6 rings (SSSR count). The number of ketones is 1. The molecule has 2 N–H and O–H groups in total. The summed E-state index contributed by atoms with van der Waals surface area (Å²) >= 11 is 0. The second kappa shape index (κ2) is 12.4. The number of carboxylic acids is 1. The number of hydrogen-bond acceptors (Lipinski definition) is 6. The van der Waals surface area contributed by atoms with E-state index in [1.165, 1.54) is 11.1 Å². The van der Waals surface area contributed by atoms with Crippen LogP contribution in [0.5, 0.6) is 0 Å². The third kappa shape index (κ3) is 5.45. The average Bonchev–Trinajstić information content (AvgIpc) is 3.57. The monoisotopic (exact) mass is 694 g/mol. The van der Waals surface area contributed by atoms with Crippen molar-refractivity contribution in [3.63, 3.8) is 0 Å². The van der Waals surface area contributed by atoms with Crippen molar-refractivity contribution in [2.75, 3.05) is 20.1 Å². The summed E-state index contributed by atoms with van der Waals surface area (Å²) in [6, 6.07) is 0.364. The molecule has 0 aromatic carbocycles. The van der Waals surface area contributed by atoms with Crippen LogP contribution in [0.2, 0.25) is 0 Å². The van der Waals surface area contributed by atoms with Crippen molar-refractivity contribution in [2.24, 2.45) is 56.2 Å². The molecule has 3 unspecified atom stereocenters. The molecule has 0 radical (unpaired) electrons. The molecule has 6 aliphatic rings. The van der Waals surface area contributed by atoms with E-state index in [1.54, 1.807) is 13.8 Å². The Hall–Kier alpha value is -2.22. The molecule has 280 valence electrons. The summed E-state index contributed by atoms with van der Waals surface area (Å²) in [5, 5.41) is 13.0. The van der Waals surface area contributed by atoms with Gasteiger partial charge in [0.15, 0.2) is 0 Å². The minimum Gasteiger partial charge on any atom is -0.481 e. The molecule has 8 nitrogen and oxygen atoms in total. The Kier molecular flexibility index (Phi) is 9.34. The number of rotatable bonds is 8. The van der Waals surface area contributed by atoms with Crippen LogP contribution in [0.4, 0.5) is 0 Å². The molecule has 0 aromatic rings. The predicted molar refractivity (Wildman–Crippen MR) is 194 cm³/mol. The maximum Gasteiger partial charge on any atom is 0.309 e. The Labute approximate surface area is 301 Å². The summed E-state index contributed by atoms with van der Waals surface area (Å²) in [5.41, 5.74) is 0.493. The van der Waals surface area contributed by atoms with Crippen LogP contribution in [-0.4, -0.2) is 65.9 Å². The van der Waals surface area contributed by atoms with Gasteiger partial charge >= 0.3 is 11.9 Å². The van der Waals surface area contributed by atoms with E-state index in [4.69, 9.17) is 4.74 Å². The number of nitrogens with one attached hydrogen (secondary N) is 1. The average molecular weight is 695 g/mol. The van der Waals surface area contributed by atoms with E-state index in [9.17, 15) is 24.3 Å². The van der Waals surface area contributed by atoms with E-state index < -0.39 is 22.8 Å². The number of likely N-dealkylation sites (N-methyl/N-ethyl adjacent to an activating group) is 1. The predicted octanol–water partition coefficient (Wildman–Crippen LogP) is 7.59. The molecule has 50 heavy (non-hydrogen) atoms. The fourth-order valence-corrected chi connectivity index (χ4v) is 13.2. The highest BCUT2D eigenvalue weighted by Crippen LogP contribution is 2.76. The van der Waals surface area contributed by atoms with Gasteiger partial charge in [0.05, 0.1) is 17.3 Å². The van der Waals surface area contributed by atoms with Crippen molar-refractivity contribution in [1.29, 1.82) is 0 Å². The molecule has 0 aromatic heterocycles. The van der Waals surface area contributed by atoms with Crippen LogP contribution in [0, 0.1) is 56.2 Å². The van der Waals surface area contributed by atoms with Crippen molar-refractivity contribution < 1.29 is 29.0 Å². The number of Topliss-reactive ketones (excluding diaryl/α,β-unsaturated/α-hetero) is 1. The van der Waals surface area contributed by atoms with Gasteiger partial charge in [0.2, 0.25) is 5.91 Å². The first-order valence-corrected chi connectivity index (χ1v) is 19.8. The molecule has 1 amide bonds. The number of allylic oxidation sites excluding steroid dienone is 1. The van der Waals surface area contributed by atoms with Crippen LogP contribution < -0.4 is 5.32 Å². The Morgan fingerprint density at radius 1 is 0.980 bits per heavy atom. The number of carboxylic acid groups (broad SMARTS) is 1. The number of nitrogens with zero attached hydrogens (tertiary/aromatic N) is 1. The number of likely N-dealkylation sites (tertiary alicyclic amines) is 1. The van der Waals surface area contributed by atoms with Gasteiger partial charge in [0.1, 0.15) is 11.9 Å². The molecule has 0 bridgehead atoms. The summed E-state index contributed by atoms with van der Waals surface area (Å²) in [4.78, 5) is 55.6. The standard InChI is InChI=1S/C42H66N2O6/c1-25(2)33-28(45)22-42(35(47)43-24-26-12-11-21-44(26)10)20-19-40(8)27(34(33)42)13-14-30-39(7)17-16-31(50-32(46)23-37(3,4)36(48)49)38(5,6)29(39)15-18-41(30,40)9/h25-26,29-31,33H,11-24H2,1-10H3,(H,43,47)(H,48,49)/t26-,29?,30?,31+,33?,39+,40-,41-,42-/m1/s1. The summed E-state index contributed by atoms with van der Waals surface area (Å²) in [5.74, 6) is -0.268. The lowest BCUT2D eigenvalue weighted by atomic mass is 9.34. The van der Waals surface area contributed by atoms with Gasteiger partial charge in [-0.1, -0.05) is 54.0 Å². The van der Waals surface area contributed by atoms with E-state index in [0.717, 1.165) is 70.8 Å². The van der Waals surface area contributed by atoms with Gasteiger partial charge in [-0.15, -0.1) is 0 Å². The van der Waals surface area contributed by atoms with Gasteiger partial charge in [-0.2, -0.15) is 0 Å². The molecule has 0 spiro atoms. The SMILES string of the molecule is CC(C)C1C(=O)C[C@]2(C(=O)NC[C@H]3CCCN3C)CC[C@]3(C)C(=C12)CCC1[C@@]2(C)CC[C@H](OC(=O)CC(C)(C)C(=O)O)C(C)(C)C2CC[C@]13C. The minimum atomic E-state index is -1.16. The molecule has 1 aliphatic heterocycles. The number of carbonyl (C=O) groups excluding carboxylic acids is 3. The largest absolute Gasteiger partial charge is 0.481 e. The highest BCUT2D eigenvalue weighted by molar-refractivity contribution is 6.00. The molecule has 9 atom stereocenters. The molecular weight excluding hydrogens is 628 g/mol. The number of aliphatic carboxylic acids is 1. The molecule has 8 heteroatoms. The smallest absolute Gasteiger partial charge is 0.309 e. The van der Waals surface area contributed by atoms with E-state index in [-0.39, 0.29) is 57.7 Å². The van der Waals surface area contributed by atoms with Gasteiger partial charge < -0.3 is 20.1 Å². The number of ether oxygens (including phenoxy) is 1. The second-order valence-electron chi connectivity index (χ2n) is 20.0. The third-order valence-corrected chi connectivity index (χ3v) is 16.3. The summed E-state index contributed by atoms with van der Waals surface area (Å²) < 4.78 is 6.15. The van der Waals surface area contributed by atoms with E-state index in [0.29, 0.717) is 30.8 Å². The fourth-order valence-electron chi connectivity index (χ4n) is 13.2. The maximum absolute atomic E-state index is 14.5. The Balaban J connectivity index is 1.30. The van der Waals surface area contributed by atoms with Gasteiger partial charge in [0.25, 0.3) is 0 Å². The highest BCUT2D eigenvalue weighted by Gasteiger charge is 2.70. The van der Waals surface area contributed by atoms with Crippen LogP contribution in [0.3, 0.4) is 0 Å². The van der Waals surface area contributed by atoms with E-state index in [2.05, 4.69) is 65.7 Å². The maximum atomic E-state index is 14.5. The van der Waals surface area contributed by atoms with Crippen LogP contribution >= 0.6 is 0 Å². The van der Waals surface area contributed by atoms with Crippen molar-refractivity contribution in [1.82, 2.24) is 10.2 Å². The van der Waals surface area contributed by atoms with Crippen LogP contribution in [0.1, 0.15) is 139 Å². The number of amides is 1. The molecule has 1 heterocycles. The van der Waals surface area contributed by atoms with Crippen molar-refractivity contribution in [3.8, 4) is 0 Å². The zero-order valence-corrected chi connectivity index (χ0v) is 32.8. The third-order valence-electron chi connectivity index (χ3n) is 16.3. The Morgan fingerprint density at radius 3 is 2.30 bits per heavy atom. The normalized spacial score (nSPS) is 41.3. The van der Waals surface area contributed by atoms with E-state index >= 15 is 0 Å². The Bertz CT molecular complexity index is 1460. The first-order chi connectivity index (χ1) is 23.2. The van der Waals surface area contributed by atoms with Crippen LogP contribution in [0.25, 0.3) is 0 Å². The Morgan fingerprint density at radius 2 is 1.68 bits per heavy atom. The lowest BCUT2D eigenvalue weighted by Crippen LogP contribution is -2.64. The topological polar surface area (TPSA) is 113 Å². The summed E-state index contributed by atoms with van der Waals surface area (Å²) in [6.07, 6.45) is 9.74. The zero-order valence-electron chi connectivity index (χ0n) is 32.8. The van der Waals surface area contributed by atoms with Crippen molar-refractivity contribution in [2.45, 2.75) is 152 Å². The fraction of sp³-hybridized carbons (Fsp3) is 0.857. The number of carbonyl (C=O) groups is 4. The van der Waals surface area contributed by atoms with Crippen LogP contribution in [0.15, 0.2) is 11.1 Å². The van der Waals surface area contributed by atoms with E-state index in [1.807, 2.05) is 0 Å².